The molecule has 0 amide bonds. The number of hydrogen-bond donors (Lipinski definition) is 1. The summed E-state index contributed by atoms with van der Waals surface area (Å²) < 4.78 is 24.5. The van der Waals surface area contributed by atoms with Gasteiger partial charge in [-0.3, -0.25) is 0 Å². The number of rotatable bonds is 6. The molecule has 0 bridgehead atoms. The van der Waals surface area contributed by atoms with E-state index in [2.05, 4.69) is 30.4 Å². The molecule has 5 heteroatoms. The van der Waals surface area contributed by atoms with Gasteiger partial charge in [0.2, 0.25) is 10.0 Å². The van der Waals surface area contributed by atoms with E-state index < -0.39 is 10.0 Å². The Bertz CT molecular complexity index is 588. The van der Waals surface area contributed by atoms with Crippen molar-refractivity contribution in [3.8, 4) is 0 Å². The first kappa shape index (κ1) is 17.2. The maximum Gasteiger partial charge on any atom is 0.211 e. The average Bonchev–Trinajstić information content (AvgIpc) is 2.48. The summed E-state index contributed by atoms with van der Waals surface area (Å²) in [4.78, 5) is 0. The Labute approximate surface area is 134 Å². The van der Waals surface area contributed by atoms with Crippen LogP contribution in [0.2, 0.25) is 0 Å². The highest BCUT2D eigenvalue weighted by Crippen LogP contribution is 2.18. The van der Waals surface area contributed by atoms with E-state index in [0.29, 0.717) is 19.0 Å². The van der Waals surface area contributed by atoms with E-state index in [-0.39, 0.29) is 0 Å². The second-order valence-corrected chi connectivity index (χ2v) is 8.12. The highest BCUT2D eigenvalue weighted by atomic mass is 32.2. The van der Waals surface area contributed by atoms with Crippen LogP contribution in [0.5, 0.6) is 0 Å². The van der Waals surface area contributed by atoms with Crippen molar-refractivity contribution in [3.05, 3.63) is 41.5 Å². The minimum Gasteiger partial charge on any atom is -0.313 e. The summed E-state index contributed by atoms with van der Waals surface area (Å²) in [6, 6.07) is 10.3. The molecule has 1 heterocycles. The summed E-state index contributed by atoms with van der Waals surface area (Å²) in [5.74, 6) is 0.572. The largest absolute Gasteiger partial charge is 0.313 e. The molecule has 1 aromatic rings. The van der Waals surface area contributed by atoms with Crippen molar-refractivity contribution in [3.63, 3.8) is 0 Å². The molecule has 122 valence electrons. The van der Waals surface area contributed by atoms with Gasteiger partial charge in [0, 0.05) is 19.6 Å². The van der Waals surface area contributed by atoms with Gasteiger partial charge in [-0.25, -0.2) is 12.7 Å². The van der Waals surface area contributed by atoms with Crippen LogP contribution in [-0.2, 0) is 10.0 Å². The van der Waals surface area contributed by atoms with Crippen LogP contribution in [0.1, 0.15) is 25.3 Å². The molecule has 0 spiro atoms. The maximum atomic E-state index is 11.5. The number of nitrogens with zero attached hydrogens (tertiary/aromatic N) is 1. The average molecular weight is 322 g/mol. The zero-order valence-electron chi connectivity index (χ0n) is 13.5. The Morgan fingerprint density at radius 1 is 1.27 bits per heavy atom. The lowest BCUT2D eigenvalue weighted by Gasteiger charge is -2.30. The van der Waals surface area contributed by atoms with Crippen molar-refractivity contribution in [2.75, 3.05) is 32.4 Å². The molecule has 1 aliphatic rings. The highest BCUT2D eigenvalue weighted by molar-refractivity contribution is 7.88. The molecule has 0 aromatic heterocycles. The third kappa shape index (κ3) is 5.55. The summed E-state index contributed by atoms with van der Waals surface area (Å²) in [5, 5.41) is 3.49. The zero-order chi connectivity index (χ0) is 16.0. The van der Waals surface area contributed by atoms with Crippen LogP contribution in [0.4, 0.5) is 0 Å². The molecule has 22 heavy (non-hydrogen) atoms. The van der Waals surface area contributed by atoms with Crippen molar-refractivity contribution in [1.82, 2.24) is 9.62 Å². The molecule has 1 aliphatic heterocycles. The van der Waals surface area contributed by atoms with Gasteiger partial charge in [-0.1, -0.05) is 42.0 Å². The molecule has 1 aromatic carbocycles. The van der Waals surface area contributed by atoms with Crippen LogP contribution in [-0.4, -0.2) is 45.2 Å². The van der Waals surface area contributed by atoms with Crippen LogP contribution >= 0.6 is 0 Å². The molecule has 1 fully saturated rings. The van der Waals surface area contributed by atoms with Crippen molar-refractivity contribution in [1.29, 1.82) is 0 Å². The van der Waals surface area contributed by atoms with Gasteiger partial charge in [0.1, 0.15) is 0 Å². The fraction of sp³-hybridized carbons (Fsp3) is 0.529. The molecule has 0 unspecified atom stereocenters. The SMILES string of the molecule is CC(=Cc1ccccc1)CNCC1CCN(S(C)(=O)=O)CC1. The van der Waals surface area contributed by atoms with Gasteiger partial charge in [-0.2, -0.15) is 0 Å². The van der Waals surface area contributed by atoms with Gasteiger partial charge in [0.25, 0.3) is 0 Å². The van der Waals surface area contributed by atoms with Crippen LogP contribution in [0.25, 0.3) is 6.08 Å². The van der Waals surface area contributed by atoms with Gasteiger partial charge in [-0.05, 0) is 37.8 Å². The first-order valence-electron chi connectivity index (χ1n) is 7.83. The Balaban J connectivity index is 1.70. The van der Waals surface area contributed by atoms with E-state index in [1.807, 2.05) is 18.2 Å². The highest BCUT2D eigenvalue weighted by Gasteiger charge is 2.24. The molecule has 2 rings (SSSR count). The molecule has 0 radical (unpaired) electrons. The molecule has 1 saturated heterocycles. The zero-order valence-corrected chi connectivity index (χ0v) is 14.3. The summed E-state index contributed by atoms with van der Waals surface area (Å²) in [7, 11) is -3.01. The second-order valence-electron chi connectivity index (χ2n) is 6.14. The summed E-state index contributed by atoms with van der Waals surface area (Å²) >= 11 is 0. The Morgan fingerprint density at radius 3 is 2.50 bits per heavy atom. The normalized spacial score (nSPS) is 18.5. The van der Waals surface area contributed by atoms with E-state index in [0.717, 1.165) is 25.9 Å². The molecule has 0 atom stereocenters. The lowest BCUT2D eigenvalue weighted by Crippen LogP contribution is -2.40. The van der Waals surface area contributed by atoms with Gasteiger partial charge < -0.3 is 5.32 Å². The Morgan fingerprint density at radius 2 is 1.91 bits per heavy atom. The third-order valence-corrected chi connectivity index (χ3v) is 5.40. The van der Waals surface area contributed by atoms with Crippen LogP contribution in [0.15, 0.2) is 35.9 Å². The number of piperidine rings is 1. The first-order valence-corrected chi connectivity index (χ1v) is 9.68. The van der Waals surface area contributed by atoms with E-state index in [1.165, 1.54) is 17.4 Å². The van der Waals surface area contributed by atoms with Crippen LogP contribution in [0, 0.1) is 5.92 Å². The van der Waals surface area contributed by atoms with Crippen molar-refractivity contribution in [2.45, 2.75) is 19.8 Å². The van der Waals surface area contributed by atoms with Crippen LogP contribution < -0.4 is 5.32 Å². The molecule has 1 N–H and O–H groups in total. The van der Waals surface area contributed by atoms with Crippen LogP contribution in [0.3, 0.4) is 0 Å². The maximum absolute atomic E-state index is 11.5. The van der Waals surface area contributed by atoms with Crippen molar-refractivity contribution < 1.29 is 8.42 Å². The van der Waals surface area contributed by atoms with Crippen molar-refractivity contribution in [2.24, 2.45) is 5.92 Å². The van der Waals surface area contributed by atoms with Crippen molar-refractivity contribution >= 4 is 16.1 Å². The minimum atomic E-state index is -3.01. The summed E-state index contributed by atoms with van der Waals surface area (Å²) in [6.45, 7) is 5.28. The number of benzene rings is 1. The number of nitrogens with one attached hydrogen (secondary N) is 1. The van der Waals surface area contributed by atoms with Gasteiger partial charge in [0.05, 0.1) is 6.26 Å². The lowest BCUT2D eigenvalue weighted by molar-refractivity contribution is 0.270. The van der Waals surface area contributed by atoms with Gasteiger partial charge in [0.15, 0.2) is 0 Å². The molecule has 4 nitrogen and oxygen atoms in total. The first-order chi connectivity index (χ1) is 10.4. The van der Waals surface area contributed by atoms with E-state index in [9.17, 15) is 8.42 Å². The lowest BCUT2D eigenvalue weighted by atomic mass is 9.98. The predicted molar refractivity (Wildman–Crippen MR) is 92.1 cm³/mol. The number of hydrogen-bond acceptors (Lipinski definition) is 3. The quantitative estimate of drug-likeness (QED) is 0.874. The van der Waals surface area contributed by atoms with E-state index in [1.54, 1.807) is 4.31 Å². The number of sulfonamides is 1. The monoisotopic (exact) mass is 322 g/mol. The van der Waals surface area contributed by atoms with Gasteiger partial charge >= 0.3 is 0 Å². The molecular weight excluding hydrogens is 296 g/mol. The molecular formula is C17H26N2O2S. The third-order valence-electron chi connectivity index (χ3n) is 4.09. The topological polar surface area (TPSA) is 49.4 Å². The predicted octanol–water partition coefficient (Wildman–Crippen LogP) is 2.35. The van der Waals surface area contributed by atoms with E-state index in [4.69, 9.17) is 0 Å². The minimum absolute atomic E-state index is 0.572. The standard InChI is InChI=1S/C17H26N2O2S/c1-15(12-16-6-4-3-5-7-16)13-18-14-17-8-10-19(11-9-17)22(2,20)21/h3-7,12,17-18H,8-11,13-14H2,1-2H3. The van der Waals surface area contributed by atoms with Gasteiger partial charge in [-0.15, -0.1) is 0 Å². The Kier molecular flexibility index (Phi) is 6.17. The summed E-state index contributed by atoms with van der Waals surface area (Å²) in [5.41, 5.74) is 2.53. The Hall–Kier alpha value is -1.17. The van der Waals surface area contributed by atoms with E-state index >= 15 is 0 Å². The molecule has 0 saturated carbocycles. The molecule has 0 aliphatic carbocycles. The smallest absolute Gasteiger partial charge is 0.211 e. The fourth-order valence-corrected chi connectivity index (χ4v) is 3.68. The summed E-state index contributed by atoms with van der Waals surface area (Å²) in [6.07, 6.45) is 5.38. The fourth-order valence-electron chi connectivity index (χ4n) is 2.80. The second kappa shape index (κ2) is 7.90.